The first-order valence-corrected chi connectivity index (χ1v) is 11.0. The monoisotopic (exact) mass is 461 g/mol. The maximum Gasteiger partial charge on any atom is 0.337 e. The lowest BCUT2D eigenvalue weighted by molar-refractivity contribution is 0.0698. The fourth-order valence-electron chi connectivity index (χ4n) is 4.13. The quantitative estimate of drug-likeness (QED) is 0.550. The van der Waals surface area contributed by atoms with Crippen molar-refractivity contribution in [1.82, 2.24) is 0 Å². The highest BCUT2D eigenvalue weighted by molar-refractivity contribution is 6.09. The van der Waals surface area contributed by atoms with Crippen LogP contribution in [0.5, 0.6) is 11.5 Å². The lowest BCUT2D eigenvalue weighted by Gasteiger charge is -2.38. The molecule has 8 nitrogen and oxygen atoms in total. The highest BCUT2D eigenvalue weighted by Gasteiger charge is 2.22. The summed E-state index contributed by atoms with van der Waals surface area (Å²) in [5.41, 5.74) is 2.45. The number of ether oxygens (including phenoxy) is 2. The Morgan fingerprint density at radius 3 is 2.09 bits per heavy atom. The molecule has 0 spiro atoms. The Bertz CT molecular complexity index is 1190. The maximum atomic E-state index is 12.8. The van der Waals surface area contributed by atoms with Crippen LogP contribution >= 0.6 is 0 Å². The smallest absolute Gasteiger partial charge is 0.337 e. The Balaban J connectivity index is 1.50. The highest BCUT2D eigenvalue weighted by Crippen LogP contribution is 2.30. The topological polar surface area (TPSA) is 91.3 Å². The predicted octanol–water partition coefficient (Wildman–Crippen LogP) is 3.98. The number of hydrogen-bond donors (Lipinski definition) is 2. The van der Waals surface area contributed by atoms with Crippen molar-refractivity contribution in [2.24, 2.45) is 0 Å². The van der Waals surface area contributed by atoms with Crippen LogP contribution < -0.4 is 24.6 Å². The molecule has 1 heterocycles. The zero-order valence-corrected chi connectivity index (χ0v) is 19.2. The molecule has 1 saturated heterocycles. The number of methoxy groups -OCH3 is 2. The van der Waals surface area contributed by atoms with Crippen LogP contribution in [0.1, 0.15) is 20.7 Å². The molecule has 4 rings (SSSR count). The number of benzene rings is 3. The van der Waals surface area contributed by atoms with Gasteiger partial charge in [-0.1, -0.05) is 24.3 Å². The molecule has 0 saturated carbocycles. The number of piperazine rings is 1. The highest BCUT2D eigenvalue weighted by atomic mass is 16.5. The molecule has 3 aromatic rings. The summed E-state index contributed by atoms with van der Waals surface area (Å²) in [5, 5.41) is 12.5. The second-order valence-corrected chi connectivity index (χ2v) is 7.84. The van der Waals surface area contributed by atoms with Crippen LogP contribution in [0.2, 0.25) is 0 Å². The van der Waals surface area contributed by atoms with Gasteiger partial charge in [-0.3, -0.25) is 4.79 Å². The number of aromatic carboxylic acids is 1. The Kier molecular flexibility index (Phi) is 6.87. The van der Waals surface area contributed by atoms with Gasteiger partial charge in [0.05, 0.1) is 36.7 Å². The van der Waals surface area contributed by atoms with E-state index in [1.807, 2.05) is 30.3 Å². The van der Waals surface area contributed by atoms with E-state index in [4.69, 9.17) is 9.47 Å². The molecule has 34 heavy (non-hydrogen) atoms. The van der Waals surface area contributed by atoms with Gasteiger partial charge in [0.25, 0.3) is 5.91 Å². The SMILES string of the molecule is COc1ccccc1C(=O)Nc1ccc(N2CCN(c3ccccc3OC)CC2)cc1C(=O)O. The minimum Gasteiger partial charge on any atom is -0.496 e. The van der Waals surface area contributed by atoms with Crippen molar-refractivity contribution >= 4 is 28.9 Å². The minimum absolute atomic E-state index is 0.0351. The van der Waals surface area contributed by atoms with Gasteiger partial charge >= 0.3 is 5.97 Å². The Hall–Kier alpha value is -4.20. The van der Waals surface area contributed by atoms with E-state index in [1.165, 1.54) is 7.11 Å². The summed E-state index contributed by atoms with van der Waals surface area (Å²) in [6.07, 6.45) is 0. The molecule has 1 amide bonds. The van der Waals surface area contributed by atoms with Crippen molar-refractivity contribution < 1.29 is 24.2 Å². The molecule has 1 fully saturated rings. The van der Waals surface area contributed by atoms with Crippen molar-refractivity contribution in [2.75, 3.05) is 55.5 Å². The normalized spacial score (nSPS) is 13.4. The van der Waals surface area contributed by atoms with Crippen LogP contribution in [0.3, 0.4) is 0 Å². The second kappa shape index (κ2) is 10.2. The average molecular weight is 462 g/mol. The van der Waals surface area contributed by atoms with Crippen LogP contribution in [0.4, 0.5) is 17.1 Å². The summed E-state index contributed by atoms with van der Waals surface area (Å²) in [4.78, 5) is 29.2. The van der Waals surface area contributed by atoms with Crippen molar-refractivity contribution in [3.8, 4) is 11.5 Å². The van der Waals surface area contributed by atoms with E-state index in [9.17, 15) is 14.7 Å². The first kappa shape index (κ1) is 23.0. The molecular weight excluding hydrogens is 434 g/mol. The summed E-state index contributed by atoms with van der Waals surface area (Å²) in [5.74, 6) is -0.288. The minimum atomic E-state index is -1.11. The third kappa shape index (κ3) is 4.76. The summed E-state index contributed by atoms with van der Waals surface area (Å²) < 4.78 is 10.7. The lowest BCUT2D eigenvalue weighted by Crippen LogP contribution is -2.46. The van der Waals surface area contributed by atoms with E-state index in [1.54, 1.807) is 43.5 Å². The molecule has 0 aliphatic carbocycles. The van der Waals surface area contributed by atoms with Gasteiger partial charge in [-0.15, -0.1) is 0 Å². The zero-order valence-electron chi connectivity index (χ0n) is 19.2. The molecule has 176 valence electrons. The number of nitrogens with one attached hydrogen (secondary N) is 1. The molecule has 1 aliphatic heterocycles. The molecule has 0 unspecified atom stereocenters. The largest absolute Gasteiger partial charge is 0.496 e. The summed E-state index contributed by atoms with van der Waals surface area (Å²) in [6.45, 7) is 3.00. The number of hydrogen-bond acceptors (Lipinski definition) is 6. The molecule has 0 atom stereocenters. The molecule has 2 N–H and O–H groups in total. The van der Waals surface area contributed by atoms with Crippen molar-refractivity contribution in [2.45, 2.75) is 0 Å². The van der Waals surface area contributed by atoms with Gasteiger partial charge in [-0.05, 0) is 42.5 Å². The standard InChI is InChI=1S/C26H27N3O5/c1-33-23-9-5-3-7-19(23)25(30)27-21-12-11-18(17-20(21)26(31)32)28-13-15-29(16-14-28)22-8-4-6-10-24(22)34-2/h3-12,17H,13-16H2,1-2H3,(H,27,30)(H,31,32). The van der Waals surface area contributed by atoms with Gasteiger partial charge in [-0.25, -0.2) is 4.79 Å². The number of amides is 1. The van der Waals surface area contributed by atoms with Crippen LogP contribution in [0.15, 0.2) is 66.7 Å². The van der Waals surface area contributed by atoms with Crippen LogP contribution in [-0.4, -0.2) is 57.4 Å². The van der Waals surface area contributed by atoms with E-state index in [-0.39, 0.29) is 11.3 Å². The first-order valence-electron chi connectivity index (χ1n) is 11.0. The molecule has 0 bridgehead atoms. The van der Waals surface area contributed by atoms with Crippen LogP contribution in [-0.2, 0) is 0 Å². The predicted molar refractivity (Wildman–Crippen MR) is 132 cm³/mol. The van der Waals surface area contributed by atoms with Gasteiger partial charge in [-0.2, -0.15) is 0 Å². The maximum absolute atomic E-state index is 12.8. The Morgan fingerprint density at radius 1 is 0.794 bits per heavy atom. The van der Waals surface area contributed by atoms with Gasteiger partial charge in [0.15, 0.2) is 0 Å². The van der Waals surface area contributed by atoms with Gasteiger partial charge in [0, 0.05) is 31.9 Å². The number of anilines is 3. The van der Waals surface area contributed by atoms with E-state index in [0.717, 1.165) is 43.3 Å². The molecule has 3 aromatic carbocycles. The number of carboxylic acids is 1. The molecule has 1 aliphatic rings. The lowest BCUT2D eigenvalue weighted by atomic mass is 10.1. The summed E-state index contributed by atoms with van der Waals surface area (Å²) in [7, 11) is 3.15. The van der Waals surface area contributed by atoms with Crippen molar-refractivity contribution in [3.63, 3.8) is 0 Å². The number of para-hydroxylation sites is 3. The molecule has 0 aromatic heterocycles. The number of carbonyl (C=O) groups is 2. The molecule has 8 heteroatoms. The zero-order chi connectivity index (χ0) is 24.1. The van der Waals surface area contributed by atoms with Crippen LogP contribution in [0, 0.1) is 0 Å². The average Bonchev–Trinajstić information content (AvgIpc) is 2.88. The van der Waals surface area contributed by atoms with Gasteiger partial charge < -0.3 is 29.7 Å². The van der Waals surface area contributed by atoms with E-state index in [0.29, 0.717) is 11.3 Å². The molecule has 0 radical (unpaired) electrons. The van der Waals surface area contributed by atoms with Crippen molar-refractivity contribution in [1.29, 1.82) is 0 Å². The third-order valence-corrected chi connectivity index (χ3v) is 5.90. The van der Waals surface area contributed by atoms with Crippen LogP contribution in [0.25, 0.3) is 0 Å². The van der Waals surface area contributed by atoms with Gasteiger partial charge in [0.2, 0.25) is 0 Å². The Labute approximate surface area is 198 Å². The van der Waals surface area contributed by atoms with Gasteiger partial charge in [0.1, 0.15) is 11.5 Å². The van der Waals surface area contributed by atoms with Crippen molar-refractivity contribution in [3.05, 3.63) is 77.9 Å². The summed E-state index contributed by atoms with van der Waals surface area (Å²) >= 11 is 0. The number of carbonyl (C=O) groups excluding carboxylic acids is 1. The first-order chi connectivity index (χ1) is 16.5. The van der Waals surface area contributed by atoms with E-state index >= 15 is 0 Å². The Morgan fingerprint density at radius 2 is 1.41 bits per heavy atom. The number of nitrogens with zero attached hydrogens (tertiary/aromatic N) is 2. The fourth-order valence-corrected chi connectivity index (χ4v) is 4.13. The third-order valence-electron chi connectivity index (χ3n) is 5.90. The number of carboxylic acid groups (broad SMARTS) is 1. The second-order valence-electron chi connectivity index (χ2n) is 7.84. The fraction of sp³-hybridized carbons (Fsp3) is 0.231. The summed E-state index contributed by atoms with van der Waals surface area (Å²) in [6, 6.07) is 19.8. The van der Waals surface area contributed by atoms with E-state index < -0.39 is 11.9 Å². The number of rotatable bonds is 7. The van der Waals surface area contributed by atoms with E-state index in [2.05, 4.69) is 15.1 Å². The molecular formula is C26H27N3O5.